The van der Waals surface area contributed by atoms with Crippen molar-refractivity contribution in [3.63, 3.8) is 0 Å². The Kier molecular flexibility index (Phi) is 4.98. The molecule has 0 aromatic heterocycles. The highest BCUT2D eigenvalue weighted by molar-refractivity contribution is 7.99. The molecule has 0 bridgehead atoms. The van der Waals surface area contributed by atoms with Gasteiger partial charge in [0.15, 0.2) is 0 Å². The lowest BCUT2D eigenvalue weighted by molar-refractivity contribution is -0.128. The number of thioether (sulfide) groups is 1. The second-order valence-corrected chi connectivity index (χ2v) is 7.18. The fourth-order valence-corrected chi connectivity index (χ4v) is 4.23. The highest BCUT2D eigenvalue weighted by Crippen LogP contribution is 2.38. The van der Waals surface area contributed by atoms with E-state index in [9.17, 15) is 0 Å². The molecule has 2 aliphatic rings. The Bertz CT molecular complexity index is 269. The summed E-state index contributed by atoms with van der Waals surface area (Å²) in [6.45, 7) is 8.53. The van der Waals surface area contributed by atoms with Crippen LogP contribution in [0.3, 0.4) is 0 Å². The zero-order valence-corrected chi connectivity index (χ0v) is 12.7. The highest BCUT2D eigenvalue weighted by Gasteiger charge is 2.45. The van der Waals surface area contributed by atoms with Crippen LogP contribution in [0.15, 0.2) is 0 Å². The SMILES string of the molecule is CCC1(C)CC(CN)(N2CCCSCC2)CCO1. The largest absolute Gasteiger partial charge is 0.375 e. The van der Waals surface area contributed by atoms with Crippen LogP contribution >= 0.6 is 11.8 Å². The fraction of sp³-hybridized carbons (Fsp3) is 1.00. The maximum absolute atomic E-state index is 6.19. The normalized spacial score (nSPS) is 39.5. The van der Waals surface area contributed by atoms with Gasteiger partial charge in [-0.1, -0.05) is 6.92 Å². The zero-order chi connectivity index (χ0) is 13.1. The van der Waals surface area contributed by atoms with Gasteiger partial charge in [0.25, 0.3) is 0 Å². The lowest BCUT2D eigenvalue weighted by Crippen LogP contribution is -2.61. The molecule has 2 aliphatic heterocycles. The van der Waals surface area contributed by atoms with E-state index in [0.29, 0.717) is 0 Å². The Morgan fingerprint density at radius 2 is 2.17 bits per heavy atom. The van der Waals surface area contributed by atoms with Crippen molar-refractivity contribution < 1.29 is 4.74 Å². The minimum Gasteiger partial charge on any atom is -0.375 e. The van der Waals surface area contributed by atoms with Crippen LogP contribution in [0.5, 0.6) is 0 Å². The van der Waals surface area contributed by atoms with Crippen LogP contribution in [-0.2, 0) is 4.74 Å². The standard InChI is InChI=1S/C14H28N2OS/c1-3-13(2)11-14(12-15,5-8-17-13)16-6-4-9-18-10-7-16/h3-12,15H2,1-2H3. The molecule has 0 radical (unpaired) electrons. The van der Waals surface area contributed by atoms with Crippen LogP contribution in [0.25, 0.3) is 0 Å². The lowest BCUT2D eigenvalue weighted by Gasteiger charge is -2.51. The molecular formula is C14H28N2OS. The van der Waals surface area contributed by atoms with Gasteiger partial charge in [0.05, 0.1) is 5.60 Å². The molecule has 0 aliphatic carbocycles. The maximum atomic E-state index is 6.19. The van der Waals surface area contributed by atoms with E-state index in [1.54, 1.807) is 0 Å². The molecular weight excluding hydrogens is 244 g/mol. The highest BCUT2D eigenvalue weighted by atomic mass is 32.2. The Labute approximate surface area is 116 Å². The monoisotopic (exact) mass is 272 g/mol. The van der Waals surface area contributed by atoms with Crippen molar-refractivity contribution in [3.8, 4) is 0 Å². The van der Waals surface area contributed by atoms with Gasteiger partial charge in [-0.3, -0.25) is 4.90 Å². The Morgan fingerprint density at radius 1 is 1.33 bits per heavy atom. The number of hydrogen-bond donors (Lipinski definition) is 1. The summed E-state index contributed by atoms with van der Waals surface area (Å²) in [6, 6.07) is 0. The Hall–Kier alpha value is 0.230. The molecule has 2 atom stereocenters. The van der Waals surface area contributed by atoms with Crippen molar-refractivity contribution >= 4 is 11.8 Å². The minimum atomic E-state index is 0.0249. The van der Waals surface area contributed by atoms with Crippen LogP contribution in [0, 0.1) is 0 Å². The molecule has 2 heterocycles. The van der Waals surface area contributed by atoms with Crippen molar-refractivity contribution in [2.45, 2.75) is 50.7 Å². The van der Waals surface area contributed by atoms with Gasteiger partial charge in [0, 0.05) is 31.0 Å². The average molecular weight is 272 g/mol. The van der Waals surface area contributed by atoms with Crippen molar-refractivity contribution in [1.29, 1.82) is 0 Å². The molecule has 4 heteroatoms. The van der Waals surface area contributed by atoms with Crippen molar-refractivity contribution in [1.82, 2.24) is 4.90 Å². The molecule has 2 rings (SSSR count). The van der Waals surface area contributed by atoms with E-state index in [0.717, 1.165) is 32.4 Å². The van der Waals surface area contributed by atoms with E-state index in [1.807, 2.05) is 0 Å². The molecule has 0 aromatic rings. The van der Waals surface area contributed by atoms with Gasteiger partial charge in [0.2, 0.25) is 0 Å². The van der Waals surface area contributed by atoms with Gasteiger partial charge < -0.3 is 10.5 Å². The topological polar surface area (TPSA) is 38.5 Å². The van der Waals surface area contributed by atoms with E-state index >= 15 is 0 Å². The van der Waals surface area contributed by atoms with E-state index < -0.39 is 0 Å². The molecule has 0 amide bonds. The summed E-state index contributed by atoms with van der Waals surface area (Å²) in [5, 5.41) is 0. The first-order valence-corrected chi connectivity index (χ1v) is 8.46. The Morgan fingerprint density at radius 3 is 2.89 bits per heavy atom. The van der Waals surface area contributed by atoms with Gasteiger partial charge >= 0.3 is 0 Å². The van der Waals surface area contributed by atoms with E-state index in [1.165, 1.54) is 31.0 Å². The molecule has 18 heavy (non-hydrogen) atoms. The molecule has 2 unspecified atom stereocenters. The van der Waals surface area contributed by atoms with Gasteiger partial charge in [-0.2, -0.15) is 11.8 Å². The third-order valence-corrected chi connectivity index (χ3v) is 5.79. The molecule has 0 aromatic carbocycles. The lowest BCUT2D eigenvalue weighted by atomic mass is 9.78. The van der Waals surface area contributed by atoms with Crippen LogP contribution in [0.2, 0.25) is 0 Å². The van der Waals surface area contributed by atoms with E-state index in [4.69, 9.17) is 10.5 Å². The summed E-state index contributed by atoms with van der Waals surface area (Å²) in [6.07, 6.45) is 4.58. The molecule has 0 spiro atoms. The number of nitrogens with zero attached hydrogens (tertiary/aromatic N) is 1. The van der Waals surface area contributed by atoms with Crippen molar-refractivity contribution in [2.24, 2.45) is 5.73 Å². The number of hydrogen-bond acceptors (Lipinski definition) is 4. The van der Waals surface area contributed by atoms with E-state index in [2.05, 4.69) is 30.5 Å². The molecule has 106 valence electrons. The average Bonchev–Trinajstić information content (AvgIpc) is 2.68. The predicted molar refractivity (Wildman–Crippen MR) is 79.2 cm³/mol. The summed E-state index contributed by atoms with van der Waals surface area (Å²) in [7, 11) is 0. The molecule has 3 nitrogen and oxygen atoms in total. The molecule has 0 saturated carbocycles. The van der Waals surface area contributed by atoms with Crippen molar-refractivity contribution in [2.75, 3.05) is 37.7 Å². The smallest absolute Gasteiger partial charge is 0.0670 e. The second-order valence-electron chi connectivity index (χ2n) is 5.96. The predicted octanol–water partition coefficient (Wildman–Crippen LogP) is 2.10. The third kappa shape index (κ3) is 3.03. The maximum Gasteiger partial charge on any atom is 0.0670 e. The first kappa shape index (κ1) is 14.6. The van der Waals surface area contributed by atoms with Gasteiger partial charge in [-0.25, -0.2) is 0 Å². The van der Waals surface area contributed by atoms with Crippen LogP contribution in [0.1, 0.15) is 39.5 Å². The van der Waals surface area contributed by atoms with Crippen LogP contribution < -0.4 is 5.73 Å². The summed E-state index contributed by atoms with van der Waals surface area (Å²) in [5.41, 5.74) is 6.41. The summed E-state index contributed by atoms with van der Waals surface area (Å²) in [4.78, 5) is 2.67. The zero-order valence-electron chi connectivity index (χ0n) is 11.9. The van der Waals surface area contributed by atoms with E-state index in [-0.39, 0.29) is 11.1 Å². The summed E-state index contributed by atoms with van der Waals surface area (Å²) < 4.78 is 6.01. The quantitative estimate of drug-likeness (QED) is 0.854. The van der Waals surface area contributed by atoms with Crippen LogP contribution in [0.4, 0.5) is 0 Å². The minimum absolute atomic E-state index is 0.0249. The van der Waals surface area contributed by atoms with Crippen LogP contribution in [-0.4, -0.2) is 53.8 Å². The molecule has 2 fully saturated rings. The van der Waals surface area contributed by atoms with Crippen molar-refractivity contribution in [3.05, 3.63) is 0 Å². The van der Waals surface area contributed by atoms with Gasteiger partial charge in [-0.05, 0) is 44.9 Å². The summed E-state index contributed by atoms with van der Waals surface area (Å²) >= 11 is 2.08. The van der Waals surface area contributed by atoms with Gasteiger partial charge in [0.1, 0.15) is 0 Å². The molecule has 2 N–H and O–H groups in total. The number of rotatable bonds is 3. The Balaban J connectivity index is 2.12. The first-order valence-electron chi connectivity index (χ1n) is 7.31. The number of nitrogens with two attached hydrogens (primary N) is 1. The second kappa shape index (κ2) is 6.12. The summed E-state index contributed by atoms with van der Waals surface area (Å²) in [5.74, 6) is 2.56. The fourth-order valence-electron chi connectivity index (χ4n) is 3.34. The van der Waals surface area contributed by atoms with Gasteiger partial charge in [-0.15, -0.1) is 0 Å². The third-order valence-electron chi connectivity index (χ3n) is 4.74. The molecule has 2 saturated heterocycles. The first-order chi connectivity index (χ1) is 8.64. The number of ether oxygens (including phenoxy) is 1.